The van der Waals surface area contributed by atoms with E-state index in [2.05, 4.69) is 15.0 Å². The summed E-state index contributed by atoms with van der Waals surface area (Å²) in [5.74, 6) is -0.560. The zero-order valence-corrected chi connectivity index (χ0v) is 16.1. The molecule has 2 N–H and O–H groups in total. The van der Waals surface area contributed by atoms with E-state index in [4.69, 9.17) is 11.6 Å². The maximum absolute atomic E-state index is 12.4. The summed E-state index contributed by atoms with van der Waals surface area (Å²) < 4.78 is 27.1. The van der Waals surface area contributed by atoms with Crippen LogP contribution in [0.5, 0.6) is 0 Å². The van der Waals surface area contributed by atoms with Crippen LogP contribution in [0.3, 0.4) is 0 Å². The maximum Gasteiger partial charge on any atom is 0.283 e. The normalized spacial score (nSPS) is 10.9. The Bertz CT molecular complexity index is 1170. The first-order valence-electron chi connectivity index (χ1n) is 8.05. The predicted molar refractivity (Wildman–Crippen MR) is 108 cm³/mol. The molecule has 148 valence electrons. The summed E-state index contributed by atoms with van der Waals surface area (Å²) in [6, 6.07) is 13.8. The average Bonchev–Trinajstić information content (AvgIpc) is 2.68. The summed E-state index contributed by atoms with van der Waals surface area (Å²) in [5.41, 5.74) is -0.349. The molecule has 0 radical (unpaired) electrons. The maximum atomic E-state index is 12.4. The number of anilines is 2. The minimum Gasteiger partial charge on any atom is -0.322 e. The van der Waals surface area contributed by atoms with Gasteiger partial charge in [0.25, 0.3) is 21.6 Å². The number of sulfonamides is 1. The van der Waals surface area contributed by atoms with Crippen molar-refractivity contribution in [2.24, 2.45) is 0 Å². The van der Waals surface area contributed by atoms with Gasteiger partial charge in [-0.25, -0.2) is 13.4 Å². The fourth-order valence-electron chi connectivity index (χ4n) is 2.38. The first-order valence-corrected chi connectivity index (χ1v) is 9.91. The summed E-state index contributed by atoms with van der Waals surface area (Å²) in [7, 11) is -3.86. The van der Waals surface area contributed by atoms with Crippen molar-refractivity contribution in [2.45, 2.75) is 4.90 Å². The highest BCUT2D eigenvalue weighted by Gasteiger charge is 2.21. The predicted octanol–water partition coefficient (Wildman–Crippen LogP) is 3.70. The van der Waals surface area contributed by atoms with E-state index < -0.39 is 26.5 Å². The number of carbonyl (C=O) groups excluding carboxylic acids is 1. The van der Waals surface area contributed by atoms with E-state index in [9.17, 15) is 23.3 Å². The zero-order valence-electron chi connectivity index (χ0n) is 14.6. The van der Waals surface area contributed by atoms with Gasteiger partial charge in [0, 0.05) is 23.0 Å². The van der Waals surface area contributed by atoms with E-state index >= 15 is 0 Å². The minimum absolute atomic E-state index is 0.0429. The van der Waals surface area contributed by atoms with Gasteiger partial charge < -0.3 is 5.32 Å². The molecule has 0 unspecified atom stereocenters. The Morgan fingerprint density at radius 3 is 2.41 bits per heavy atom. The number of halogens is 1. The van der Waals surface area contributed by atoms with Crippen LogP contribution in [0, 0.1) is 10.1 Å². The van der Waals surface area contributed by atoms with Crippen molar-refractivity contribution in [3.63, 3.8) is 0 Å². The van der Waals surface area contributed by atoms with Crippen LogP contribution in [0.15, 0.2) is 71.8 Å². The smallest absolute Gasteiger partial charge is 0.283 e. The Hall–Kier alpha value is -3.50. The number of amides is 1. The number of hydrogen-bond acceptors (Lipinski definition) is 6. The van der Waals surface area contributed by atoms with E-state index in [0.29, 0.717) is 0 Å². The number of nitrogens with zero attached hydrogens (tertiary/aromatic N) is 2. The molecule has 0 aliphatic rings. The molecule has 0 aliphatic carbocycles. The van der Waals surface area contributed by atoms with Crippen molar-refractivity contribution in [2.75, 3.05) is 10.0 Å². The van der Waals surface area contributed by atoms with Crippen molar-refractivity contribution >= 4 is 44.7 Å². The number of rotatable bonds is 6. The third kappa shape index (κ3) is 4.86. The van der Waals surface area contributed by atoms with Crippen molar-refractivity contribution in [1.29, 1.82) is 0 Å². The highest BCUT2D eigenvalue weighted by atomic mass is 35.5. The van der Waals surface area contributed by atoms with Crippen LogP contribution in [-0.4, -0.2) is 24.2 Å². The molecule has 0 bridgehead atoms. The Balaban J connectivity index is 1.77. The molecule has 9 nitrogen and oxygen atoms in total. The topological polar surface area (TPSA) is 131 Å². The van der Waals surface area contributed by atoms with Crippen LogP contribution in [-0.2, 0) is 10.0 Å². The van der Waals surface area contributed by atoms with Crippen LogP contribution in [0.1, 0.15) is 10.4 Å². The van der Waals surface area contributed by atoms with E-state index in [1.54, 1.807) is 12.1 Å². The van der Waals surface area contributed by atoms with Gasteiger partial charge in [0.2, 0.25) is 0 Å². The van der Waals surface area contributed by atoms with Crippen LogP contribution >= 0.6 is 11.6 Å². The minimum atomic E-state index is -3.86. The molecule has 29 heavy (non-hydrogen) atoms. The molecule has 0 spiro atoms. The number of nitro benzene ring substituents is 1. The number of pyridine rings is 1. The quantitative estimate of drug-likeness (QED) is 0.451. The van der Waals surface area contributed by atoms with Crippen LogP contribution in [0.2, 0.25) is 5.02 Å². The summed E-state index contributed by atoms with van der Waals surface area (Å²) >= 11 is 5.74. The second kappa shape index (κ2) is 8.25. The van der Waals surface area contributed by atoms with E-state index in [-0.39, 0.29) is 27.0 Å². The second-order valence-corrected chi connectivity index (χ2v) is 7.84. The van der Waals surface area contributed by atoms with E-state index in [1.807, 2.05) is 0 Å². The summed E-state index contributed by atoms with van der Waals surface area (Å²) in [4.78, 5) is 26.6. The van der Waals surface area contributed by atoms with Gasteiger partial charge in [-0.05, 0) is 48.5 Å². The third-order valence-corrected chi connectivity index (χ3v) is 5.33. The Morgan fingerprint density at radius 1 is 1.07 bits per heavy atom. The molecule has 2 aromatic carbocycles. The highest BCUT2D eigenvalue weighted by Crippen LogP contribution is 2.24. The number of benzene rings is 2. The Morgan fingerprint density at radius 2 is 1.79 bits per heavy atom. The molecule has 0 saturated heterocycles. The largest absolute Gasteiger partial charge is 0.322 e. The Labute approximate surface area is 170 Å². The fourth-order valence-corrected chi connectivity index (χ4v) is 3.56. The van der Waals surface area contributed by atoms with Crippen molar-refractivity contribution in [1.82, 2.24) is 4.98 Å². The van der Waals surface area contributed by atoms with Gasteiger partial charge in [0.1, 0.15) is 11.4 Å². The van der Waals surface area contributed by atoms with Gasteiger partial charge in [0.15, 0.2) is 0 Å². The zero-order chi connectivity index (χ0) is 21.0. The van der Waals surface area contributed by atoms with Gasteiger partial charge in [-0.1, -0.05) is 17.7 Å². The van der Waals surface area contributed by atoms with Gasteiger partial charge in [0.05, 0.1) is 9.82 Å². The first kappa shape index (κ1) is 20.2. The molecular formula is C18H13ClN4O5S. The van der Waals surface area contributed by atoms with Crippen molar-refractivity contribution in [3.8, 4) is 0 Å². The first-order chi connectivity index (χ1) is 13.8. The molecule has 1 heterocycles. The van der Waals surface area contributed by atoms with E-state index in [1.165, 1.54) is 48.7 Å². The van der Waals surface area contributed by atoms with Gasteiger partial charge >= 0.3 is 0 Å². The number of carbonyl (C=O) groups is 1. The summed E-state index contributed by atoms with van der Waals surface area (Å²) in [6.07, 6.45) is 1.45. The lowest BCUT2D eigenvalue weighted by molar-refractivity contribution is -0.385. The fraction of sp³-hybridized carbons (Fsp3) is 0. The van der Waals surface area contributed by atoms with Gasteiger partial charge in [-0.2, -0.15) is 0 Å². The highest BCUT2D eigenvalue weighted by molar-refractivity contribution is 7.92. The lowest BCUT2D eigenvalue weighted by Crippen LogP contribution is -2.15. The van der Waals surface area contributed by atoms with Gasteiger partial charge in [-0.15, -0.1) is 0 Å². The summed E-state index contributed by atoms with van der Waals surface area (Å²) in [6.45, 7) is 0. The third-order valence-electron chi connectivity index (χ3n) is 3.73. The monoisotopic (exact) mass is 432 g/mol. The lowest BCUT2D eigenvalue weighted by Gasteiger charge is -2.09. The van der Waals surface area contributed by atoms with Crippen molar-refractivity contribution in [3.05, 3.63) is 87.6 Å². The lowest BCUT2D eigenvalue weighted by atomic mass is 10.1. The second-order valence-electron chi connectivity index (χ2n) is 5.72. The molecule has 1 aromatic heterocycles. The molecular weight excluding hydrogens is 420 g/mol. The van der Waals surface area contributed by atoms with Crippen LogP contribution < -0.4 is 10.0 Å². The number of nitro groups is 1. The average molecular weight is 433 g/mol. The molecule has 3 rings (SSSR count). The molecule has 0 aliphatic heterocycles. The summed E-state index contributed by atoms with van der Waals surface area (Å²) in [5, 5.41) is 13.7. The van der Waals surface area contributed by atoms with Crippen LogP contribution in [0.4, 0.5) is 17.2 Å². The number of hydrogen-bond donors (Lipinski definition) is 2. The molecule has 0 saturated carbocycles. The SMILES string of the molecule is O=C(Nc1ccc(S(=O)(=O)Nc2ccccn2)cc1)c1ccc(Cl)cc1[N+](=O)[O-]. The molecule has 0 fully saturated rings. The van der Waals surface area contributed by atoms with Crippen LogP contribution in [0.25, 0.3) is 0 Å². The molecule has 11 heteroatoms. The van der Waals surface area contributed by atoms with E-state index in [0.717, 1.165) is 6.07 Å². The van der Waals surface area contributed by atoms with Gasteiger partial charge in [-0.3, -0.25) is 19.6 Å². The Kier molecular flexibility index (Phi) is 5.76. The standard InChI is InChI=1S/C18H13ClN4O5S/c19-12-4-9-15(16(11-12)23(25)26)18(24)21-13-5-7-14(8-6-13)29(27,28)22-17-3-1-2-10-20-17/h1-11H,(H,20,22)(H,21,24). The molecule has 3 aromatic rings. The molecule has 0 atom stereocenters. The van der Waals surface area contributed by atoms with Crippen molar-refractivity contribution < 1.29 is 18.1 Å². The number of aromatic nitrogens is 1. The molecule has 1 amide bonds. The number of nitrogens with one attached hydrogen (secondary N) is 2.